The maximum absolute atomic E-state index is 11.9. The molecule has 22 heavy (non-hydrogen) atoms. The molecule has 1 aliphatic rings. The minimum absolute atomic E-state index is 0.00560. The second-order valence-electron chi connectivity index (χ2n) is 6.02. The minimum atomic E-state index is 0.00560. The number of imidazole rings is 1. The van der Waals surface area contributed by atoms with Crippen LogP contribution in [0.25, 0.3) is 4.96 Å². The van der Waals surface area contributed by atoms with Crippen molar-refractivity contribution in [3.8, 4) is 0 Å². The van der Waals surface area contributed by atoms with Crippen molar-refractivity contribution in [1.29, 1.82) is 0 Å². The van der Waals surface area contributed by atoms with Crippen molar-refractivity contribution in [3.05, 3.63) is 23.5 Å². The van der Waals surface area contributed by atoms with Gasteiger partial charge in [0.25, 0.3) is 0 Å². The van der Waals surface area contributed by atoms with Crippen LogP contribution in [0.5, 0.6) is 0 Å². The van der Waals surface area contributed by atoms with E-state index in [1.54, 1.807) is 11.3 Å². The molecule has 0 bridgehead atoms. The normalized spacial score (nSPS) is 22.0. The van der Waals surface area contributed by atoms with Crippen molar-refractivity contribution < 1.29 is 9.53 Å². The van der Waals surface area contributed by atoms with Gasteiger partial charge in [0.2, 0.25) is 5.91 Å². The summed E-state index contributed by atoms with van der Waals surface area (Å²) in [5, 5.41) is 4.89. The molecule has 0 aromatic carbocycles. The van der Waals surface area contributed by atoms with Crippen molar-refractivity contribution in [1.82, 2.24) is 14.7 Å². The summed E-state index contributed by atoms with van der Waals surface area (Å²) < 4.78 is 7.84. The van der Waals surface area contributed by atoms with Gasteiger partial charge in [-0.05, 0) is 18.8 Å². The summed E-state index contributed by atoms with van der Waals surface area (Å²) in [7, 11) is 0. The number of amides is 1. The Morgan fingerprint density at radius 1 is 1.50 bits per heavy atom. The van der Waals surface area contributed by atoms with Crippen molar-refractivity contribution in [2.24, 2.45) is 5.92 Å². The fraction of sp³-hybridized carbons (Fsp3) is 0.625. The van der Waals surface area contributed by atoms with Crippen LogP contribution in [0.2, 0.25) is 0 Å². The van der Waals surface area contributed by atoms with E-state index >= 15 is 0 Å². The highest BCUT2D eigenvalue weighted by Gasteiger charge is 2.21. The number of carbonyl (C=O) groups excluding carboxylic acids is 1. The Kier molecular flexibility index (Phi) is 5.10. The van der Waals surface area contributed by atoms with Crippen LogP contribution in [0, 0.1) is 5.92 Å². The molecule has 0 saturated heterocycles. The topological polar surface area (TPSA) is 55.6 Å². The molecule has 3 rings (SSSR count). The highest BCUT2D eigenvalue weighted by molar-refractivity contribution is 7.15. The van der Waals surface area contributed by atoms with Crippen molar-refractivity contribution in [2.75, 3.05) is 13.2 Å². The Hall–Kier alpha value is -1.40. The van der Waals surface area contributed by atoms with Crippen molar-refractivity contribution in [2.45, 2.75) is 45.1 Å². The van der Waals surface area contributed by atoms with Gasteiger partial charge in [0.05, 0.1) is 24.8 Å². The Morgan fingerprint density at radius 2 is 2.36 bits per heavy atom. The van der Waals surface area contributed by atoms with E-state index in [-0.39, 0.29) is 5.91 Å². The molecule has 120 valence electrons. The number of hydrogen-bond donors (Lipinski definition) is 1. The van der Waals surface area contributed by atoms with Crippen LogP contribution >= 0.6 is 11.3 Å². The fourth-order valence-electron chi connectivity index (χ4n) is 3.02. The molecule has 1 fully saturated rings. The number of thiazole rings is 1. The summed E-state index contributed by atoms with van der Waals surface area (Å²) in [6.07, 6.45) is 9.55. The molecule has 1 N–H and O–H groups in total. The molecule has 2 atom stereocenters. The third-order valence-electron chi connectivity index (χ3n) is 4.27. The number of rotatable bonds is 6. The average molecular weight is 321 g/mol. The number of nitrogens with zero attached hydrogens (tertiary/aromatic N) is 2. The smallest absolute Gasteiger partial charge is 0.226 e. The summed E-state index contributed by atoms with van der Waals surface area (Å²) in [5.41, 5.74) is 0.811. The van der Waals surface area contributed by atoms with Gasteiger partial charge in [0.15, 0.2) is 4.96 Å². The van der Waals surface area contributed by atoms with E-state index < -0.39 is 0 Å². The number of hydrogen-bond acceptors (Lipinski definition) is 4. The molecule has 6 heteroatoms. The van der Waals surface area contributed by atoms with Crippen LogP contribution in [0.3, 0.4) is 0 Å². The third kappa shape index (κ3) is 3.87. The van der Waals surface area contributed by atoms with E-state index in [0.29, 0.717) is 31.6 Å². The van der Waals surface area contributed by atoms with E-state index in [1.165, 1.54) is 19.3 Å². The molecule has 2 aromatic heterocycles. The molecule has 1 saturated carbocycles. The Balaban J connectivity index is 1.36. The molecule has 0 spiro atoms. The van der Waals surface area contributed by atoms with Crippen LogP contribution in [-0.2, 0) is 16.0 Å². The number of nitrogens with one attached hydrogen (secondary N) is 1. The molecule has 0 unspecified atom stereocenters. The quantitative estimate of drug-likeness (QED) is 0.832. The van der Waals surface area contributed by atoms with Crippen LogP contribution in [-0.4, -0.2) is 34.5 Å². The lowest BCUT2D eigenvalue weighted by atomic mass is 9.88. The van der Waals surface area contributed by atoms with E-state index in [4.69, 9.17) is 4.74 Å². The first-order valence-electron chi connectivity index (χ1n) is 8.02. The molecule has 2 heterocycles. The summed E-state index contributed by atoms with van der Waals surface area (Å²) in [6.45, 7) is 3.43. The second kappa shape index (κ2) is 7.24. The first kappa shape index (κ1) is 15.5. The van der Waals surface area contributed by atoms with Gasteiger partial charge in [-0.3, -0.25) is 9.20 Å². The SMILES string of the molecule is C[C@H]1CCCC[C@@H]1OCCNC(=O)Cc1cn2ccsc2n1. The average Bonchev–Trinajstić information content (AvgIpc) is 3.06. The molecular formula is C16H23N3O2S. The van der Waals surface area contributed by atoms with Gasteiger partial charge in [-0.25, -0.2) is 4.98 Å². The fourth-order valence-corrected chi connectivity index (χ4v) is 3.74. The van der Waals surface area contributed by atoms with Gasteiger partial charge in [-0.1, -0.05) is 19.8 Å². The highest BCUT2D eigenvalue weighted by atomic mass is 32.1. The predicted octanol–water partition coefficient (Wildman–Crippen LogP) is 2.65. The third-order valence-corrected chi connectivity index (χ3v) is 5.04. The van der Waals surface area contributed by atoms with Gasteiger partial charge in [0, 0.05) is 24.3 Å². The molecule has 1 aliphatic carbocycles. The van der Waals surface area contributed by atoms with Gasteiger partial charge >= 0.3 is 0 Å². The van der Waals surface area contributed by atoms with Crippen LogP contribution in [0.1, 0.15) is 38.3 Å². The van der Waals surface area contributed by atoms with Gasteiger partial charge in [-0.15, -0.1) is 11.3 Å². The lowest BCUT2D eigenvalue weighted by Crippen LogP contribution is -2.32. The lowest BCUT2D eigenvalue weighted by molar-refractivity contribution is -0.121. The number of fused-ring (bicyclic) bond motifs is 1. The lowest BCUT2D eigenvalue weighted by Gasteiger charge is -2.28. The van der Waals surface area contributed by atoms with Gasteiger partial charge < -0.3 is 10.1 Å². The zero-order valence-electron chi connectivity index (χ0n) is 13.0. The maximum atomic E-state index is 11.9. The van der Waals surface area contributed by atoms with Crippen LogP contribution in [0.4, 0.5) is 0 Å². The predicted molar refractivity (Wildman–Crippen MR) is 87.2 cm³/mol. The zero-order valence-corrected chi connectivity index (χ0v) is 13.8. The Bertz CT molecular complexity index is 593. The molecule has 2 aromatic rings. The first-order chi connectivity index (χ1) is 10.7. The van der Waals surface area contributed by atoms with Crippen LogP contribution < -0.4 is 5.32 Å². The van der Waals surface area contributed by atoms with Gasteiger partial charge in [0.1, 0.15) is 0 Å². The van der Waals surface area contributed by atoms with Gasteiger partial charge in [-0.2, -0.15) is 0 Å². The summed E-state index contributed by atoms with van der Waals surface area (Å²) in [6, 6.07) is 0. The molecule has 1 amide bonds. The van der Waals surface area contributed by atoms with E-state index in [9.17, 15) is 4.79 Å². The molecule has 5 nitrogen and oxygen atoms in total. The second-order valence-corrected chi connectivity index (χ2v) is 6.90. The number of aromatic nitrogens is 2. The zero-order chi connectivity index (χ0) is 15.4. The Morgan fingerprint density at radius 3 is 3.18 bits per heavy atom. The van der Waals surface area contributed by atoms with E-state index in [1.807, 2.05) is 22.2 Å². The van der Waals surface area contributed by atoms with Crippen molar-refractivity contribution >= 4 is 22.2 Å². The summed E-state index contributed by atoms with van der Waals surface area (Å²) >= 11 is 1.57. The van der Waals surface area contributed by atoms with E-state index in [2.05, 4.69) is 17.2 Å². The summed E-state index contributed by atoms with van der Waals surface area (Å²) in [5.74, 6) is 0.647. The molecule has 0 aliphatic heterocycles. The highest BCUT2D eigenvalue weighted by Crippen LogP contribution is 2.25. The summed E-state index contributed by atoms with van der Waals surface area (Å²) in [4.78, 5) is 17.3. The van der Waals surface area contributed by atoms with E-state index in [0.717, 1.165) is 17.1 Å². The number of carbonyl (C=O) groups is 1. The molecular weight excluding hydrogens is 298 g/mol. The monoisotopic (exact) mass is 321 g/mol. The Labute approximate surface area is 134 Å². The number of ether oxygens (including phenoxy) is 1. The largest absolute Gasteiger partial charge is 0.376 e. The standard InChI is InChI=1S/C16H23N3O2S/c1-12-4-2-3-5-14(12)21-8-6-17-15(20)10-13-11-19-7-9-22-16(19)18-13/h7,9,11-12,14H,2-6,8,10H2,1H3,(H,17,20)/t12-,14-/m0/s1. The van der Waals surface area contributed by atoms with Crippen LogP contribution in [0.15, 0.2) is 17.8 Å². The van der Waals surface area contributed by atoms with Crippen molar-refractivity contribution in [3.63, 3.8) is 0 Å². The first-order valence-corrected chi connectivity index (χ1v) is 8.90. The minimum Gasteiger partial charge on any atom is -0.376 e. The maximum Gasteiger partial charge on any atom is 0.226 e. The molecule has 0 radical (unpaired) electrons.